The zero-order chi connectivity index (χ0) is 11.3. The van der Waals surface area contributed by atoms with E-state index in [4.69, 9.17) is 0 Å². The SMILES string of the molecule is CCC(CNC)S(=O)(=O)c1ccccc1. The van der Waals surface area contributed by atoms with Crippen LogP contribution in [0.3, 0.4) is 0 Å². The van der Waals surface area contributed by atoms with Gasteiger partial charge in [0.05, 0.1) is 10.1 Å². The maximum Gasteiger partial charge on any atom is 0.182 e. The predicted molar refractivity (Wildman–Crippen MR) is 61.6 cm³/mol. The van der Waals surface area contributed by atoms with Crippen LogP contribution >= 0.6 is 0 Å². The van der Waals surface area contributed by atoms with E-state index < -0.39 is 9.84 Å². The Balaban J connectivity index is 3.01. The van der Waals surface area contributed by atoms with Gasteiger partial charge in [0.2, 0.25) is 0 Å². The summed E-state index contributed by atoms with van der Waals surface area (Å²) in [5.74, 6) is 0. The number of sulfone groups is 1. The summed E-state index contributed by atoms with van der Waals surface area (Å²) >= 11 is 0. The van der Waals surface area contributed by atoms with Crippen molar-refractivity contribution in [2.45, 2.75) is 23.5 Å². The Morgan fingerprint density at radius 1 is 1.27 bits per heavy atom. The summed E-state index contributed by atoms with van der Waals surface area (Å²) in [5.41, 5.74) is 0. The van der Waals surface area contributed by atoms with Crippen LogP contribution in [-0.4, -0.2) is 27.3 Å². The molecule has 1 atom stereocenters. The molecule has 0 spiro atoms. The molecule has 3 nitrogen and oxygen atoms in total. The molecule has 0 bridgehead atoms. The van der Waals surface area contributed by atoms with Crippen molar-refractivity contribution in [1.29, 1.82) is 0 Å². The third-order valence-corrected chi connectivity index (χ3v) is 4.70. The molecule has 15 heavy (non-hydrogen) atoms. The van der Waals surface area contributed by atoms with Gasteiger partial charge in [0.25, 0.3) is 0 Å². The lowest BCUT2D eigenvalue weighted by Crippen LogP contribution is -2.31. The summed E-state index contributed by atoms with van der Waals surface area (Å²) in [6.45, 7) is 2.39. The first-order valence-corrected chi connectivity index (χ1v) is 6.61. The van der Waals surface area contributed by atoms with Gasteiger partial charge in [-0.25, -0.2) is 8.42 Å². The third kappa shape index (κ3) is 2.79. The van der Waals surface area contributed by atoms with Crippen LogP contribution in [0.1, 0.15) is 13.3 Å². The van der Waals surface area contributed by atoms with Gasteiger partial charge in [0, 0.05) is 6.54 Å². The topological polar surface area (TPSA) is 46.2 Å². The van der Waals surface area contributed by atoms with Crippen LogP contribution in [-0.2, 0) is 9.84 Å². The minimum atomic E-state index is -3.18. The normalized spacial score (nSPS) is 13.7. The van der Waals surface area contributed by atoms with Gasteiger partial charge in [-0.05, 0) is 25.6 Å². The first-order chi connectivity index (χ1) is 7.12. The van der Waals surface area contributed by atoms with Crippen molar-refractivity contribution >= 4 is 9.84 Å². The molecule has 0 aliphatic carbocycles. The molecule has 0 saturated heterocycles. The minimum Gasteiger partial charge on any atom is -0.318 e. The van der Waals surface area contributed by atoms with Crippen LogP contribution in [0.4, 0.5) is 0 Å². The zero-order valence-electron chi connectivity index (χ0n) is 9.10. The molecule has 4 heteroatoms. The maximum absolute atomic E-state index is 12.1. The molecule has 0 aliphatic rings. The fraction of sp³-hybridized carbons (Fsp3) is 0.455. The Kier molecular flexibility index (Phi) is 4.29. The molecular weight excluding hydrogens is 210 g/mol. The lowest BCUT2D eigenvalue weighted by molar-refractivity contribution is 0.568. The molecule has 0 radical (unpaired) electrons. The van der Waals surface area contributed by atoms with Gasteiger partial charge >= 0.3 is 0 Å². The van der Waals surface area contributed by atoms with Crippen molar-refractivity contribution in [2.24, 2.45) is 0 Å². The van der Waals surface area contributed by atoms with Crippen LogP contribution in [0.5, 0.6) is 0 Å². The smallest absolute Gasteiger partial charge is 0.182 e. The van der Waals surface area contributed by atoms with E-state index >= 15 is 0 Å². The van der Waals surface area contributed by atoms with Crippen LogP contribution in [0.25, 0.3) is 0 Å². The van der Waals surface area contributed by atoms with Gasteiger partial charge in [0.1, 0.15) is 0 Å². The standard InChI is InChI=1S/C11H17NO2S/c1-3-10(9-12-2)15(13,14)11-7-5-4-6-8-11/h4-8,10,12H,3,9H2,1-2H3. The molecule has 1 rings (SSSR count). The molecule has 1 aromatic carbocycles. The molecule has 0 aromatic heterocycles. The molecule has 1 unspecified atom stereocenters. The summed E-state index contributed by atoms with van der Waals surface area (Å²) in [4.78, 5) is 0.409. The first-order valence-electron chi connectivity index (χ1n) is 5.06. The summed E-state index contributed by atoms with van der Waals surface area (Å²) in [6, 6.07) is 8.61. The van der Waals surface area contributed by atoms with Gasteiger partial charge in [-0.1, -0.05) is 25.1 Å². The summed E-state index contributed by atoms with van der Waals surface area (Å²) in [7, 11) is -1.41. The Morgan fingerprint density at radius 2 is 1.87 bits per heavy atom. The second-order valence-corrected chi connectivity index (χ2v) is 5.67. The molecule has 0 saturated carbocycles. The van der Waals surface area contributed by atoms with Crippen molar-refractivity contribution in [3.8, 4) is 0 Å². The van der Waals surface area contributed by atoms with Gasteiger partial charge in [-0.15, -0.1) is 0 Å². The van der Waals surface area contributed by atoms with E-state index in [1.54, 1.807) is 31.3 Å². The molecule has 0 aliphatic heterocycles. The van der Waals surface area contributed by atoms with Crippen molar-refractivity contribution in [3.63, 3.8) is 0 Å². The Hall–Kier alpha value is -0.870. The highest BCUT2D eigenvalue weighted by Gasteiger charge is 2.24. The summed E-state index contributed by atoms with van der Waals surface area (Å²) in [5, 5.41) is 2.57. The van der Waals surface area contributed by atoms with Crippen molar-refractivity contribution in [1.82, 2.24) is 5.32 Å². The quantitative estimate of drug-likeness (QED) is 0.828. The second kappa shape index (κ2) is 5.28. The molecule has 0 amide bonds. The summed E-state index contributed by atoms with van der Waals surface area (Å²) in [6.07, 6.45) is 0.623. The lowest BCUT2D eigenvalue weighted by Gasteiger charge is -2.15. The third-order valence-electron chi connectivity index (χ3n) is 2.40. The lowest BCUT2D eigenvalue weighted by atomic mass is 10.3. The van der Waals surface area contributed by atoms with Crippen LogP contribution < -0.4 is 5.32 Å². The number of rotatable bonds is 5. The van der Waals surface area contributed by atoms with Crippen LogP contribution in [0.2, 0.25) is 0 Å². The molecule has 1 N–H and O–H groups in total. The van der Waals surface area contributed by atoms with E-state index in [0.29, 0.717) is 17.9 Å². The highest BCUT2D eigenvalue weighted by Crippen LogP contribution is 2.17. The molecule has 0 fully saturated rings. The van der Waals surface area contributed by atoms with E-state index in [2.05, 4.69) is 5.32 Å². The van der Waals surface area contributed by atoms with E-state index in [0.717, 1.165) is 0 Å². The average Bonchev–Trinajstić information content (AvgIpc) is 2.27. The highest BCUT2D eigenvalue weighted by atomic mass is 32.2. The second-order valence-electron chi connectivity index (χ2n) is 3.45. The van der Waals surface area contributed by atoms with E-state index in [-0.39, 0.29) is 5.25 Å². The fourth-order valence-electron chi connectivity index (χ4n) is 1.50. The number of nitrogens with one attached hydrogen (secondary N) is 1. The van der Waals surface area contributed by atoms with Crippen LogP contribution in [0.15, 0.2) is 35.2 Å². The minimum absolute atomic E-state index is 0.343. The number of hydrogen-bond donors (Lipinski definition) is 1. The van der Waals surface area contributed by atoms with Gasteiger partial charge in [0.15, 0.2) is 9.84 Å². The molecule has 84 valence electrons. The maximum atomic E-state index is 12.1. The monoisotopic (exact) mass is 227 g/mol. The highest BCUT2D eigenvalue weighted by molar-refractivity contribution is 7.92. The number of benzene rings is 1. The average molecular weight is 227 g/mol. The largest absolute Gasteiger partial charge is 0.318 e. The van der Waals surface area contributed by atoms with Crippen molar-refractivity contribution < 1.29 is 8.42 Å². The Morgan fingerprint density at radius 3 is 2.33 bits per heavy atom. The van der Waals surface area contributed by atoms with E-state index in [1.807, 2.05) is 13.0 Å². The fourth-order valence-corrected chi connectivity index (χ4v) is 3.25. The van der Waals surface area contributed by atoms with Gasteiger partial charge in [-0.2, -0.15) is 0 Å². The van der Waals surface area contributed by atoms with Crippen molar-refractivity contribution in [3.05, 3.63) is 30.3 Å². The predicted octanol–water partition coefficient (Wildman–Crippen LogP) is 1.46. The molecule has 0 heterocycles. The van der Waals surface area contributed by atoms with E-state index in [9.17, 15) is 8.42 Å². The Labute approximate surface area is 91.4 Å². The van der Waals surface area contributed by atoms with E-state index in [1.165, 1.54) is 0 Å². The first kappa shape index (κ1) is 12.2. The Bertz CT molecular complexity index is 386. The van der Waals surface area contributed by atoms with Gasteiger partial charge in [-0.3, -0.25) is 0 Å². The van der Waals surface area contributed by atoms with Gasteiger partial charge < -0.3 is 5.32 Å². The van der Waals surface area contributed by atoms with Crippen molar-refractivity contribution in [2.75, 3.05) is 13.6 Å². The molecule has 1 aromatic rings. The number of hydrogen-bond acceptors (Lipinski definition) is 3. The van der Waals surface area contributed by atoms with Crippen LogP contribution in [0, 0.1) is 0 Å². The molecular formula is C11H17NO2S. The zero-order valence-corrected chi connectivity index (χ0v) is 9.92. The summed E-state index contributed by atoms with van der Waals surface area (Å²) < 4.78 is 24.2.